The van der Waals surface area contributed by atoms with Gasteiger partial charge in [-0.2, -0.15) is 4.98 Å². The number of aromatic nitrogens is 2. The molecule has 1 aromatic heterocycles. The molecule has 1 saturated heterocycles. The van der Waals surface area contributed by atoms with E-state index in [0.29, 0.717) is 24.7 Å². The van der Waals surface area contributed by atoms with Gasteiger partial charge >= 0.3 is 0 Å². The topological polar surface area (TPSA) is 85.1 Å². The molecule has 1 N–H and O–H groups in total. The first-order valence-electron chi connectivity index (χ1n) is 6.44. The van der Waals surface area contributed by atoms with E-state index in [1.165, 1.54) is 0 Å². The van der Waals surface area contributed by atoms with Gasteiger partial charge < -0.3 is 9.84 Å². The fraction of sp³-hybridized carbons (Fsp3) is 0.385. The summed E-state index contributed by atoms with van der Waals surface area (Å²) in [5, 5.41) is 7.09. The molecule has 0 amide bonds. The van der Waals surface area contributed by atoms with Gasteiger partial charge in [0.05, 0.1) is 11.5 Å². The number of nitrogens with zero attached hydrogens (tertiary/aromatic N) is 2. The van der Waals surface area contributed by atoms with Gasteiger partial charge in [0.15, 0.2) is 9.84 Å². The molecular weight excluding hydrogens is 278 g/mol. The van der Waals surface area contributed by atoms with Gasteiger partial charge in [-0.15, -0.1) is 0 Å². The van der Waals surface area contributed by atoms with Crippen molar-refractivity contribution in [2.24, 2.45) is 0 Å². The lowest BCUT2D eigenvalue weighted by Gasteiger charge is -2.21. The Hall–Kier alpha value is -1.73. The lowest BCUT2D eigenvalue weighted by molar-refractivity contribution is 0.361. The summed E-state index contributed by atoms with van der Waals surface area (Å²) in [5.74, 6) is 1.30. The SMILES string of the molecule is O=S1(=O)CCNC(Cc2nc(-c3ccccc3)no2)C1. The summed E-state index contributed by atoms with van der Waals surface area (Å²) in [6, 6.07) is 9.37. The summed E-state index contributed by atoms with van der Waals surface area (Å²) in [6.45, 7) is 0.479. The van der Waals surface area contributed by atoms with Gasteiger partial charge in [-0.3, -0.25) is 0 Å². The van der Waals surface area contributed by atoms with E-state index in [4.69, 9.17) is 4.52 Å². The van der Waals surface area contributed by atoms with E-state index in [0.717, 1.165) is 5.56 Å². The molecule has 0 spiro atoms. The van der Waals surface area contributed by atoms with Crippen molar-refractivity contribution in [1.82, 2.24) is 15.5 Å². The molecule has 20 heavy (non-hydrogen) atoms. The zero-order valence-electron chi connectivity index (χ0n) is 10.8. The lowest BCUT2D eigenvalue weighted by atomic mass is 10.2. The summed E-state index contributed by atoms with van der Waals surface area (Å²) in [7, 11) is -2.95. The average Bonchev–Trinajstić information content (AvgIpc) is 2.87. The summed E-state index contributed by atoms with van der Waals surface area (Å²) < 4.78 is 28.3. The van der Waals surface area contributed by atoms with E-state index < -0.39 is 9.84 Å². The van der Waals surface area contributed by atoms with Crippen LogP contribution in [0.4, 0.5) is 0 Å². The molecule has 6 nitrogen and oxygen atoms in total. The van der Waals surface area contributed by atoms with Gasteiger partial charge in [0.2, 0.25) is 11.7 Å². The van der Waals surface area contributed by atoms with Crippen LogP contribution in [-0.4, -0.2) is 42.7 Å². The Labute approximate surface area is 117 Å². The second kappa shape index (κ2) is 5.34. The second-order valence-corrected chi connectivity index (χ2v) is 7.08. The zero-order chi connectivity index (χ0) is 14.0. The van der Waals surface area contributed by atoms with Gasteiger partial charge in [0.1, 0.15) is 0 Å². The van der Waals surface area contributed by atoms with Crippen LogP contribution in [0, 0.1) is 0 Å². The molecule has 0 radical (unpaired) electrons. The zero-order valence-corrected chi connectivity index (χ0v) is 11.6. The number of rotatable bonds is 3. The summed E-state index contributed by atoms with van der Waals surface area (Å²) in [5.41, 5.74) is 0.881. The first-order chi connectivity index (χ1) is 9.62. The predicted molar refractivity (Wildman–Crippen MR) is 73.9 cm³/mol. The molecule has 0 saturated carbocycles. The predicted octanol–water partition coefficient (Wildman–Crippen LogP) is 0.666. The van der Waals surface area contributed by atoms with Crippen LogP contribution in [0.5, 0.6) is 0 Å². The van der Waals surface area contributed by atoms with Crippen molar-refractivity contribution >= 4 is 9.84 Å². The van der Waals surface area contributed by atoms with Crippen LogP contribution in [0.1, 0.15) is 5.89 Å². The monoisotopic (exact) mass is 293 g/mol. The average molecular weight is 293 g/mol. The molecule has 1 aliphatic rings. The molecule has 7 heteroatoms. The molecule has 1 atom stereocenters. The Morgan fingerprint density at radius 2 is 2.10 bits per heavy atom. The second-order valence-electron chi connectivity index (χ2n) is 4.85. The van der Waals surface area contributed by atoms with Crippen LogP contribution in [0.15, 0.2) is 34.9 Å². The molecule has 0 aliphatic carbocycles. The van der Waals surface area contributed by atoms with E-state index in [1.54, 1.807) is 0 Å². The van der Waals surface area contributed by atoms with Crippen LogP contribution in [0.25, 0.3) is 11.4 Å². The highest BCUT2D eigenvalue weighted by Gasteiger charge is 2.26. The molecule has 1 aliphatic heterocycles. The maximum atomic E-state index is 11.6. The van der Waals surface area contributed by atoms with E-state index in [2.05, 4.69) is 15.5 Å². The van der Waals surface area contributed by atoms with E-state index in [1.807, 2.05) is 30.3 Å². The highest BCUT2D eigenvalue weighted by Crippen LogP contribution is 2.16. The number of hydrogen-bond acceptors (Lipinski definition) is 6. The Morgan fingerprint density at radius 1 is 1.30 bits per heavy atom. The summed E-state index contributed by atoms with van der Waals surface area (Å²) in [4.78, 5) is 4.31. The largest absolute Gasteiger partial charge is 0.339 e. The third kappa shape index (κ3) is 3.05. The quantitative estimate of drug-likeness (QED) is 0.895. The molecular formula is C13H15N3O3S. The van der Waals surface area contributed by atoms with Crippen molar-refractivity contribution in [2.45, 2.75) is 12.5 Å². The minimum atomic E-state index is -2.95. The number of hydrogen-bond donors (Lipinski definition) is 1. The highest BCUT2D eigenvalue weighted by molar-refractivity contribution is 7.91. The van der Waals surface area contributed by atoms with Gasteiger partial charge in [0, 0.05) is 24.6 Å². The van der Waals surface area contributed by atoms with E-state index >= 15 is 0 Å². The normalized spacial score (nSPS) is 21.7. The van der Waals surface area contributed by atoms with Gasteiger partial charge in [-0.1, -0.05) is 35.5 Å². The Balaban J connectivity index is 1.72. The third-order valence-electron chi connectivity index (χ3n) is 3.22. The van der Waals surface area contributed by atoms with Crippen LogP contribution in [-0.2, 0) is 16.3 Å². The maximum Gasteiger partial charge on any atom is 0.228 e. The number of sulfone groups is 1. The Kier molecular flexibility index (Phi) is 3.54. The first-order valence-corrected chi connectivity index (χ1v) is 8.26. The molecule has 2 heterocycles. The molecule has 2 aromatic rings. The minimum absolute atomic E-state index is 0.121. The highest BCUT2D eigenvalue weighted by atomic mass is 32.2. The van der Waals surface area contributed by atoms with Crippen molar-refractivity contribution in [3.8, 4) is 11.4 Å². The molecule has 1 fully saturated rings. The summed E-state index contributed by atoms with van der Waals surface area (Å²) >= 11 is 0. The van der Waals surface area contributed by atoms with Crippen molar-refractivity contribution in [3.05, 3.63) is 36.2 Å². The van der Waals surface area contributed by atoms with Crippen molar-refractivity contribution in [3.63, 3.8) is 0 Å². The van der Waals surface area contributed by atoms with E-state index in [-0.39, 0.29) is 17.5 Å². The summed E-state index contributed by atoms with van der Waals surface area (Å²) in [6.07, 6.45) is 0.430. The van der Waals surface area contributed by atoms with Gasteiger partial charge in [-0.05, 0) is 0 Å². The molecule has 3 rings (SSSR count). The van der Waals surface area contributed by atoms with Crippen molar-refractivity contribution < 1.29 is 12.9 Å². The van der Waals surface area contributed by atoms with E-state index in [9.17, 15) is 8.42 Å². The number of nitrogens with one attached hydrogen (secondary N) is 1. The van der Waals surface area contributed by atoms with Crippen molar-refractivity contribution in [1.29, 1.82) is 0 Å². The van der Waals surface area contributed by atoms with Crippen molar-refractivity contribution in [2.75, 3.05) is 18.1 Å². The smallest absolute Gasteiger partial charge is 0.228 e. The van der Waals surface area contributed by atoms with Crippen LogP contribution in [0.2, 0.25) is 0 Å². The lowest BCUT2D eigenvalue weighted by Crippen LogP contribution is -2.46. The maximum absolute atomic E-state index is 11.6. The Morgan fingerprint density at radius 3 is 2.85 bits per heavy atom. The van der Waals surface area contributed by atoms with Crippen LogP contribution in [0.3, 0.4) is 0 Å². The fourth-order valence-corrected chi connectivity index (χ4v) is 3.70. The molecule has 1 aromatic carbocycles. The standard InChI is InChI=1S/C13H15N3O3S/c17-20(18)7-6-14-11(9-20)8-12-15-13(16-19-12)10-4-2-1-3-5-10/h1-5,11,14H,6-9H2. The Bertz CT molecular complexity index is 682. The van der Waals surface area contributed by atoms with Gasteiger partial charge in [-0.25, -0.2) is 8.42 Å². The van der Waals surface area contributed by atoms with Gasteiger partial charge in [0.25, 0.3) is 0 Å². The van der Waals surface area contributed by atoms with Crippen LogP contribution < -0.4 is 5.32 Å². The molecule has 1 unspecified atom stereocenters. The number of benzene rings is 1. The fourth-order valence-electron chi connectivity index (χ4n) is 2.25. The minimum Gasteiger partial charge on any atom is -0.339 e. The first kappa shape index (κ1) is 13.3. The third-order valence-corrected chi connectivity index (χ3v) is 4.96. The molecule has 106 valence electrons. The van der Waals surface area contributed by atoms with Crippen LogP contribution >= 0.6 is 0 Å². The molecule has 0 bridgehead atoms.